The van der Waals surface area contributed by atoms with Gasteiger partial charge in [0, 0.05) is 24.2 Å². The summed E-state index contributed by atoms with van der Waals surface area (Å²) in [6, 6.07) is 9.92. The Morgan fingerprint density at radius 1 is 1.24 bits per heavy atom. The number of pyridine rings is 1. The molecule has 0 atom stereocenters. The number of halogens is 3. The summed E-state index contributed by atoms with van der Waals surface area (Å²) in [5.41, 5.74) is 1.73. The van der Waals surface area contributed by atoms with Crippen molar-refractivity contribution in [2.24, 2.45) is 0 Å². The Labute approximate surface area is 149 Å². The molecule has 0 saturated carbocycles. The molecule has 1 aromatic carbocycles. The van der Waals surface area contributed by atoms with Crippen LogP contribution in [-0.4, -0.2) is 21.7 Å². The number of nitrogens with one attached hydrogen (secondary N) is 1. The number of rotatable bonds is 6. The van der Waals surface area contributed by atoms with E-state index < -0.39 is 6.36 Å². The first-order valence-electron chi connectivity index (χ1n) is 7.34. The molecule has 4 nitrogen and oxygen atoms in total. The number of aromatic nitrogens is 2. The fourth-order valence-corrected chi connectivity index (χ4v) is 4.10. The van der Waals surface area contributed by atoms with E-state index in [0.29, 0.717) is 16.0 Å². The molecule has 25 heavy (non-hydrogen) atoms. The molecule has 0 radical (unpaired) electrons. The molecule has 3 rings (SSSR count). The van der Waals surface area contributed by atoms with Gasteiger partial charge < -0.3 is 9.30 Å². The van der Waals surface area contributed by atoms with Crippen molar-refractivity contribution in [3.05, 3.63) is 53.1 Å². The molecule has 0 unspecified atom stereocenters. The van der Waals surface area contributed by atoms with Crippen molar-refractivity contribution in [1.82, 2.24) is 9.55 Å². The molecule has 2 aromatic heterocycles. The highest BCUT2D eigenvalue weighted by Crippen LogP contribution is 2.28. The minimum absolute atomic E-state index is 0.266. The number of hydrogen-bond acceptors (Lipinski definition) is 5. The van der Waals surface area contributed by atoms with E-state index in [1.54, 1.807) is 28.6 Å². The summed E-state index contributed by atoms with van der Waals surface area (Å²) >= 11 is 2.83. The maximum absolute atomic E-state index is 12.3. The largest absolute Gasteiger partial charge is 0.573 e. The summed E-state index contributed by atoms with van der Waals surface area (Å²) in [5.74, 6) is 1.29. The second-order valence-electron chi connectivity index (χ2n) is 5.11. The van der Waals surface area contributed by atoms with Gasteiger partial charge in [-0.25, -0.2) is 0 Å². The SMILES string of the molecule is N=c1sc2cc(OC(F)(F)F)ccc2n1CCSCc1ccccn1. The predicted molar refractivity (Wildman–Crippen MR) is 92.8 cm³/mol. The summed E-state index contributed by atoms with van der Waals surface area (Å²) in [6.45, 7) is 0.607. The lowest BCUT2D eigenvalue weighted by Crippen LogP contribution is -2.17. The molecule has 0 spiro atoms. The summed E-state index contributed by atoms with van der Waals surface area (Å²) in [7, 11) is 0. The van der Waals surface area contributed by atoms with Crippen molar-refractivity contribution in [3.63, 3.8) is 0 Å². The molecule has 0 saturated heterocycles. The van der Waals surface area contributed by atoms with E-state index >= 15 is 0 Å². The second kappa shape index (κ2) is 7.49. The summed E-state index contributed by atoms with van der Waals surface area (Å²) in [5, 5.41) is 8.05. The molecule has 132 valence electrons. The van der Waals surface area contributed by atoms with Gasteiger partial charge in [0.15, 0.2) is 4.80 Å². The number of nitrogens with zero attached hydrogens (tertiary/aromatic N) is 2. The van der Waals surface area contributed by atoms with Crippen LogP contribution in [0.2, 0.25) is 0 Å². The number of fused-ring (bicyclic) bond motifs is 1. The second-order valence-corrected chi connectivity index (χ2v) is 7.25. The number of aryl methyl sites for hydroxylation is 1. The first-order valence-corrected chi connectivity index (χ1v) is 9.31. The standard InChI is InChI=1S/C16H14F3N3OS2/c17-16(18,19)23-12-4-5-13-14(9-12)25-15(20)22(13)7-8-24-10-11-3-1-2-6-21-11/h1-6,9,20H,7-8,10H2. The third-order valence-corrected chi connectivity index (χ3v) is 5.27. The number of thioether (sulfide) groups is 1. The molecular weight excluding hydrogens is 371 g/mol. The van der Waals surface area contributed by atoms with Crippen LogP contribution in [0.3, 0.4) is 0 Å². The van der Waals surface area contributed by atoms with Crippen LogP contribution in [0, 0.1) is 5.41 Å². The number of ether oxygens (including phenoxy) is 1. The fourth-order valence-electron chi connectivity index (χ4n) is 2.30. The van der Waals surface area contributed by atoms with Crippen LogP contribution >= 0.6 is 23.1 Å². The molecule has 0 amide bonds. The average Bonchev–Trinajstić information content (AvgIpc) is 2.86. The van der Waals surface area contributed by atoms with E-state index in [1.165, 1.54) is 12.1 Å². The van der Waals surface area contributed by atoms with Crippen LogP contribution in [0.1, 0.15) is 5.69 Å². The van der Waals surface area contributed by atoms with Crippen LogP contribution < -0.4 is 9.54 Å². The van der Waals surface area contributed by atoms with Crippen molar-refractivity contribution in [1.29, 1.82) is 5.41 Å². The quantitative estimate of drug-likeness (QED) is 0.640. The Kier molecular flexibility index (Phi) is 5.33. The van der Waals surface area contributed by atoms with Crippen molar-refractivity contribution in [2.45, 2.75) is 18.7 Å². The van der Waals surface area contributed by atoms with Crippen LogP contribution in [0.4, 0.5) is 13.2 Å². The van der Waals surface area contributed by atoms with Crippen LogP contribution in [0.25, 0.3) is 10.2 Å². The minimum Gasteiger partial charge on any atom is -0.406 e. The van der Waals surface area contributed by atoms with Crippen molar-refractivity contribution in [2.75, 3.05) is 5.75 Å². The maximum Gasteiger partial charge on any atom is 0.573 e. The third kappa shape index (κ3) is 4.76. The predicted octanol–water partition coefficient (Wildman–Crippen LogP) is 4.41. The first kappa shape index (κ1) is 17.8. The van der Waals surface area contributed by atoms with Gasteiger partial charge in [0.1, 0.15) is 5.75 Å². The van der Waals surface area contributed by atoms with Crippen molar-refractivity contribution >= 4 is 33.3 Å². The van der Waals surface area contributed by atoms with Crippen molar-refractivity contribution < 1.29 is 17.9 Å². The molecule has 0 aliphatic heterocycles. The summed E-state index contributed by atoms with van der Waals surface area (Å²) in [6.07, 6.45) is -2.97. The number of alkyl halides is 3. The van der Waals surface area contributed by atoms with Gasteiger partial charge in [0.25, 0.3) is 0 Å². The smallest absolute Gasteiger partial charge is 0.406 e. The third-order valence-electron chi connectivity index (χ3n) is 3.34. The number of benzene rings is 1. The van der Waals surface area contributed by atoms with E-state index in [9.17, 15) is 13.2 Å². The highest BCUT2D eigenvalue weighted by molar-refractivity contribution is 7.98. The monoisotopic (exact) mass is 385 g/mol. The normalized spacial score (nSPS) is 11.8. The molecule has 0 bridgehead atoms. The topological polar surface area (TPSA) is 50.9 Å². The molecule has 3 aromatic rings. The highest BCUT2D eigenvalue weighted by Gasteiger charge is 2.31. The van der Waals surface area contributed by atoms with Crippen molar-refractivity contribution in [3.8, 4) is 5.75 Å². The summed E-state index contributed by atoms with van der Waals surface area (Å²) < 4.78 is 43.2. The van der Waals surface area contributed by atoms with Crippen LogP contribution in [0.5, 0.6) is 5.75 Å². The van der Waals surface area contributed by atoms with Gasteiger partial charge in [-0.15, -0.1) is 13.2 Å². The molecule has 0 fully saturated rings. The lowest BCUT2D eigenvalue weighted by molar-refractivity contribution is -0.274. The highest BCUT2D eigenvalue weighted by atomic mass is 32.2. The van der Waals surface area contributed by atoms with E-state index in [-0.39, 0.29) is 5.75 Å². The Balaban J connectivity index is 1.67. The molecule has 2 heterocycles. The van der Waals surface area contributed by atoms with Crippen LogP contribution in [-0.2, 0) is 12.3 Å². The van der Waals surface area contributed by atoms with Gasteiger partial charge in [-0.2, -0.15) is 11.8 Å². The molecule has 0 aliphatic rings. The lowest BCUT2D eigenvalue weighted by Gasteiger charge is -2.09. The Morgan fingerprint density at radius 2 is 2.08 bits per heavy atom. The van der Waals surface area contributed by atoms with E-state index in [2.05, 4.69) is 9.72 Å². The Hall–Kier alpha value is -2.00. The van der Waals surface area contributed by atoms with Gasteiger partial charge >= 0.3 is 6.36 Å². The zero-order valence-electron chi connectivity index (χ0n) is 12.9. The van der Waals surface area contributed by atoms with Gasteiger partial charge in [-0.05, 0) is 30.3 Å². The fraction of sp³-hybridized carbons (Fsp3) is 0.250. The zero-order chi connectivity index (χ0) is 17.9. The lowest BCUT2D eigenvalue weighted by atomic mass is 10.3. The van der Waals surface area contributed by atoms with Gasteiger partial charge in [0.05, 0.1) is 15.9 Å². The zero-order valence-corrected chi connectivity index (χ0v) is 14.5. The minimum atomic E-state index is -4.72. The van der Waals surface area contributed by atoms with E-state index in [1.807, 2.05) is 18.2 Å². The Morgan fingerprint density at radius 3 is 2.80 bits per heavy atom. The molecular formula is C16H14F3N3OS2. The molecule has 9 heteroatoms. The van der Waals surface area contributed by atoms with Gasteiger partial charge in [-0.3, -0.25) is 10.4 Å². The molecule has 1 N–H and O–H groups in total. The number of thiazole rings is 1. The Bertz CT molecular complexity index is 906. The van der Waals surface area contributed by atoms with Gasteiger partial charge in [0.2, 0.25) is 0 Å². The van der Waals surface area contributed by atoms with E-state index in [4.69, 9.17) is 5.41 Å². The maximum atomic E-state index is 12.3. The van der Waals surface area contributed by atoms with Crippen LogP contribution in [0.15, 0.2) is 42.6 Å². The molecule has 0 aliphatic carbocycles. The summed E-state index contributed by atoms with van der Waals surface area (Å²) in [4.78, 5) is 4.55. The van der Waals surface area contributed by atoms with Gasteiger partial charge in [-0.1, -0.05) is 17.4 Å². The number of hydrogen-bond donors (Lipinski definition) is 1. The average molecular weight is 385 g/mol. The first-order chi connectivity index (χ1) is 11.9. The van der Waals surface area contributed by atoms with E-state index in [0.717, 1.165) is 34.1 Å².